The molecule has 6 nitrogen and oxygen atoms in total. The number of benzene rings is 2. The van der Waals surface area contributed by atoms with Crippen LogP contribution in [-0.4, -0.2) is 44.9 Å². The number of carbonyl (C=O) groups excluding carboxylic acids is 1. The lowest BCUT2D eigenvalue weighted by Gasteiger charge is -2.49. The van der Waals surface area contributed by atoms with E-state index < -0.39 is 0 Å². The molecule has 1 unspecified atom stereocenters. The maximum Gasteiger partial charge on any atom is 0.224 e. The van der Waals surface area contributed by atoms with E-state index >= 15 is 0 Å². The first-order chi connectivity index (χ1) is 14.8. The molecule has 1 aromatic heterocycles. The van der Waals surface area contributed by atoms with E-state index in [1.54, 1.807) is 0 Å². The first kappa shape index (κ1) is 19.0. The zero-order valence-corrected chi connectivity index (χ0v) is 17.0. The molecule has 1 amide bonds. The number of piperidine rings is 3. The van der Waals surface area contributed by atoms with Crippen molar-refractivity contribution < 1.29 is 4.79 Å². The van der Waals surface area contributed by atoms with Gasteiger partial charge >= 0.3 is 0 Å². The molecule has 154 valence electrons. The lowest BCUT2D eigenvalue weighted by atomic mass is 9.75. The smallest absolute Gasteiger partial charge is 0.224 e. The summed E-state index contributed by atoms with van der Waals surface area (Å²) in [5, 5.41) is 11.8. The van der Waals surface area contributed by atoms with Crippen molar-refractivity contribution in [3.8, 4) is 11.3 Å². The summed E-state index contributed by atoms with van der Waals surface area (Å²) in [6.07, 6.45) is 4.18. The van der Waals surface area contributed by atoms with Gasteiger partial charge in [-0.05, 0) is 30.9 Å². The number of hydrogen-bond acceptors (Lipinski definition) is 4. The van der Waals surface area contributed by atoms with Crippen LogP contribution in [0.2, 0.25) is 0 Å². The summed E-state index contributed by atoms with van der Waals surface area (Å²) < 4.78 is 1.96. The predicted molar refractivity (Wildman–Crippen MR) is 115 cm³/mol. The van der Waals surface area contributed by atoms with Gasteiger partial charge in [0.15, 0.2) is 0 Å². The highest BCUT2D eigenvalue weighted by molar-refractivity contribution is 5.79. The molecule has 3 fully saturated rings. The van der Waals surface area contributed by atoms with Gasteiger partial charge in [-0.3, -0.25) is 14.4 Å². The Labute approximate surface area is 176 Å². The predicted octanol–water partition coefficient (Wildman–Crippen LogP) is 2.97. The minimum Gasteiger partial charge on any atom is -0.352 e. The van der Waals surface area contributed by atoms with Gasteiger partial charge < -0.3 is 5.32 Å². The Morgan fingerprint density at radius 1 is 1.07 bits per heavy atom. The fourth-order valence-electron chi connectivity index (χ4n) is 4.89. The van der Waals surface area contributed by atoms with Gasteiger partial charge in [0, 0.05) is 24.7 Å². The summed E-state index contributed by atoms with van der Waals surface area (Å²) in [7, 11) is 0. The maximum atomic E-state index is 12.8. The fraction of sp³-hybridized carbons (Fsp3) is 0.375. The maximum absolute atomic E-state index is 12.8. The molecule has 2 bridgehead atoms. The SMILES string of the molecule is O=C(NCc1ccccc1)[C@@H]1CN2CC[C@H]1C[C@@H]2Cn1cc(-c2ccccc2)nn1. The van der Waals surface area contributed by atoms with Crippen LogP contribution in [0.3, 0.4) is 0 Å². The van der Waals surface area contributed by atoms with Gasteiger partial charge in [0.05, 0.1) is 18.7 Å². The highest BCUT2D eigenvalue weighted by Crippen LogP contribution is 2.37. The van der Waals surface area contributed by atoms with Crippen molar-refractivity contribution in [1.29, 1.82) is 0 Å². The van der Waals surface area contributed by atoms with Gasteiger partial charge in [-0.25, -0.2) is 0 Å². The van der Waals surface area contributed by atoms with Crippen molar-refractivity contribution in [2.45, 2.75) is 32.0 Å². The van der Waals surface area contributed by atoms with Gasteiger partial charge in [-0.1, -0.05) is 65.9 Å². The first-order valence-electron chi connectivity index (χ1n) is 10.8. The third-order valence-electron chi connectivity index (χ3n) is 6.53. The van der Waals surface area contributed by atoms with Crippen LogP contribution in [0.4, 0.5) is 0 Å². The lowest BCUT2D eigenvalue weighted by Crippen LogP contribution is -2.57. The quantitative estimate of drug-likeness (QED) is 0.690. The Morgan fingerprint density at radius 3 is 2.57 bits per heavy atom. The third-order valence-corrected chi connectivity index (χ3v) is 6.53. The fourth-order valence-corrected chi connectivity index (χ4v) is 4.89. The van der Waals surface area contributed by atoms with E-state index in [2.05, 4.69) is 44.8 Å². The van der Waals surface area contributed by atoms with Crippen LogP contribution in [0.15, 0.2) is 66.9 Å². The van der Waals surface area contributed by atoms with Gasteiger partial charge in [-0.15, -0.1) is 5.10 Å². The van der Waals surface area contributed by atoms with Crippen LogP contribution in [0.25, 0.3) is 11.3 Å². The summed E-state index contributed by atoms with van der Waals surface area (Å²) in [6.45, 7) is 3.34. The number of amides is 1. The molecule has 4 atom stereocenters. The number of fused-ring (bicyclic) bond motifs is 3. The molecular weight excluding hydrogens is 374 g/mol. The average Bonchev–Trinajstić information content (AvgIpc) is 3.28. The summed E-state index contributed by atoms with van der Waals surface area (Å²) in [5.74, 6) is 0.737. The molecular formula is C24H27N5O. The van der Waals surface area contributed by atoms with Gasteiger partial charge in [0.25, 0.3) is 0 Å². The van der Waals surface area contributed by atoms with Gasteiger partial charge in [-0.2, -0.15) is 0 Å². The summed E-state index contributed by atoms with van der Waals surface area (Å²) in [5.41, 5.74) is 3.14. The lowest BCUT2D eigenvalue weighted by molar-refractivity contribution is -0.133. The molecule has 30 heavy (non-hydrogen) atoms. The molecule has 1 N–H and O–H groups in total. The first-order valence-corrected chi connectivity index (χ1v) is 10.8. The average molecular weight is 402 g/mol. The molecule has 6 rings (SSSR count). The third kappa shape index (κ3) is 4.00. The molecule has 0 radical (unpaired) electrons. The number of aromatic nitrogens is 3. The molecule has 0 spiro atoms. The largest absolute Gasteiger partial charge is 0.352 e. The molecule has 3 aromatic rings. The molecule has 3 saturated heterocycles. The standard InChI is InChI=1S/C24H27N5O/c30-24(25-14-18-7-3-1-4-8-18)22-16-28-12-11-20(22)13-21(28)15-29-17-23(26-27-29)19-9-5-2-6-10-19/h1-10,17,20-22H,11-16H2,(H,25,30)/t20-,21+,22+/m0/s1. The van der Waals surface area contributed by atoms with Crippen molar-refractivity contribution in [3.63, 3.8) is 0 Å². The van der Waals surface area contributed by atoms with E-state index in [1.807, 2.05) is 47.3 Å². The Hall–Kier alpha value is -2.99. The Kier molecular flexibility index (Phi) is 5.32. The highest BCUT2D eigenvalue weighted by atomic mass is 16.1. The number of nitrogens with one attached hydrogen (secondary N) is 1. The zero-order chi connectivity index (χ0) is 20.3. The second-order valence-corrected chi connectivity index (χ2v) is 8.43. The highest BCUT2D eigenvalue weighted by Gasteiger charge is 2.43. The van der Waals surface area contributed by atoms with E-state index in [9.17, 15) is 4.79 Å². The number of nitrogens with zero attached hydrogens (tertiary/aromatic N) is 4. The normalized spacial score (nSPS) is 25.2. The monoisotopic (exact) mass is 401 g/mol. The molecule has 3 aliphatic heterocycles. The van der Waals surface area contributed by atoms with Crippen LogP contribution in [0.5, 0.6) is 0 Å². The summed E-state index contributed by atoms with van der Waals surface area (Å²) in [6, 6.07) is 20.7. The van der Waals surface area contributed by atoms with Gasteiger partial charge in [0.2, 0.25) is 5.91 Å². The van der Waals surface area contributed by atoms with E-state index in [4.69, 9.17) is 0 Å². The van der Waals surface area contributed by atoms with Crippen LogP contribution >= 0.6 is 0 Å². The Balaban J connectivity index is 1.19. The van der Waals surface area contributed by atoms with Crippen molar-refractivity contribution in [2.75, 3.05) is 13.1 Å². The second kappa shape index (κ2) is 8.40. The molecule has 2 aromatic carbocycles. The van der Waals surface area contributed by atoms with E-state index in [-0.39, 0.29) is 11.8 Å². The van der Waals surface area contributed by atoms with Crippen LogP contribution in [0.1, 0.15) is 18.4 Å². The van der Waals surface area contributed by atoms with Crippen LogP contribution in [-0.2, 0) is 17.9 Å². The van der Waals surface area contributed by atoms with E-state index in [0.29, 0.717) is 18.5 Å². The number of hydrogen-bond donors (Lipinski definition) is 1. The minimum atomic E-state index is 0.0920. The number of rotatable bonds is 6. The van der Waals surface area contributed by atoms with Crippen molar-refractivity contribution in [1.82, 2.24) is 25.2 Å². The van der Waals surface area contributed by atoms with Crippen LogP contribution < -0.4 is 5.32 Å². The van der Waals surface area contributed by atoms with Crippen LogP contribution in [0, 0.1) is 11.8 Å². The summed E-state index contributed by atoms with van der Waals surface area (Å²) >= 11 is 0. The minimum absolute atomic E-state index is 0.0920. The Morgan fingerprint density at radius 2 is 1.83 bits per heavy atom. The number of carbonyl (C=O) groups is 1. The van der Waals surface area contributed by atoms with Crippen molar-refractivity contribution >= 4 is 5.91 Å². The molecule has 3 aliphatic rings. The second-order valence-electron chi connectivity index (χ2n) is 8.43. The van der Waals surface area contributed by atoms with Crippen molar-refractivity contribution in [2.24, 2.45) is 11.8 Å². The molecule has 0 aliphatic carbocycles. The molecule has 4 heterocycles. The zero-order valence-electron chi connectivity index (χ0n) is 17.0. The van der Waals surface area contributed by atoms with Crippen molar-refractivity contribution in [3.05, 3.63) is 72.4 Å². The van der Waals surface area contributed by atoms with E-state index in [0.717, 1.165) is 49.3 Å². The van der Waals surface area contributed by atoms with E-state index in [1.165, 1.54) is 0 Å². The molecule has 6 heteroatoms. The van der Waals surface area contributed by atoms with Gasteiger partial charge in [0.1, 0.15) is 5.69 Å². The topological polar surface area (TPSA) is 63.1 Å². The Bertz CT molecular complexity index is 987. The molecule has 0 saturated carbocycles. The summed E-state index contributed by atoms with van der Waals surface area (Å²) in [4.78, 5) is 15.3.